The molecule has 27 heavy (non-hydrogen) atoms. The van der Waals surface area contributed by atoms with Crippen molar-refractivity contribution in [2.24, 2.45) is 0 Å². The number of carbonyl (C=O) groups is 3. The minimum absolute atomic E-state index is 0.0286. The zero-order chi connectivity index (χ0) is 19.6. The highest BCUT2D eigenvalue weighted by molar-refractivity contribution is 7.13. The van der Waals surface area contributed by atoms with Crippen LogP contribution in [0, 0.1) is 0 Å². The highest BCUT2D eigenvalue weighted by Gasteiger charge is 2.12. The van der Waals surface area contributed by atoms with Gasteiger partial charge in [0.1, 0.15) is 5.75 Å². The molecule has 0 spiro atoms. The summed E-state index contributed by atoms with van der Waals surface area (Å²) in [5, 5.41) is 4.49. The van der Waals surface area contributed by atoms with Crippen LogP contribution in [0.2, 0.25) is 0 Å². The number of thiazole rings is 1. The van der Waals surface area contributed by atoms with Gasteiger partial charge in [-0.15, -0.1) is 11.3 Å². The number of para-hydroxylation sites is 1. The average Bonchev–Trinajstić information content (AvgIpc) is 3.11. The number of nitrogens with one attached hydrogen (secondary N) is 1. The van der Waals surface area contributed by atoms with Crippen molar-refractivity contribution < 1.29 is 28.6 Å². The number of benzene rings is 1. The first-order valence-electron chi connectivity index (χ1n) is 8.10. The normalized spacial score (nSPS) is 10.1. The molecule has 0 aliphatic heterocycles. The van der Waals surface area contributed by atoms with Crippen LogP contribution in [0.25, 0.3) is 0 Å². The first kappa shape index (κ1) is 20.4. The highest BCUT2D eigenvalue weighted by atomic mass is 32.1. The zero-order valence-corrected chi connectivity index (χ0v) is 15.8. The number of amides is 1. The molecule has 1 heterocycles. The van der Waals surface area contributed by atoms with Crippen LogP contribution >= 0.6 is 11.3 Å². The van der Waals surface area contributed by atoms with Crippen LogP contribution in [0.5, 0.6) is 5.75 Å². The molecular weight excluding hydrogens is 372 g/mol. The van der Waals surface area contributed by atoms with Crippen LogP contribution in [-0.4, -0.2) is 43.7 Å². The molecule has 1 amide bonds. The summed E-state index contributed by atoms with van der Waals surface area (Å²) in [6.07, 6.45) is 0.614. The summed E-state index contributed by atoms with van der Waals surface area (Å²) in [4.78, 5) is 38.9. The largest absolute Gasteiger partial charge is 0.496 e. The Bertz CT molecular complexity index is 805. The molecule has 0 saturated carbocycles. The monoisotopic (exact) mass is 392 g/mol. The molecule has 0 aliphatic rings. The van der Waals surface area contributed by atoms with Gasteiger partial charge in [0.15, 0.2) is 11.7 Å². The summed E-state index contributed by atoms with van der Waals surface area (Å²) >= 11 is 1.17. The van der Waals surface area contributed by atoms with Gasteiger partial charge in [-0.3, -0.25) is 19.7 Å². The second-order valence-electron chi connectivity index (χ2n) is 5.42. The number of carbonyl (C=O) groups excluding carboxylic acids is 3. The third-order valence-corrected chi connectivity index (χ3v) is 4.31. The van der Waals surface area contributed by atoms with E-state index in [4.69, 9.17) is 9.47 Å². The zero-order valence-electron chi connectivity index (χ0n) is 15.0. The Hall–Kier alpha value is -2.94. The van der Waals surface area contributed by atoms with Gasteiger partial charge < -0.3 is 14.2 Å². The molecule has 1 aromatic carbocycles. The number of hydrogen-bond donors (Lipinski definition) is 1. The molecule has 144 valence electrons. The maximum atomic E-state index is 11.8. The van der Waals surface area contributed by atoms with E-state index in [1.807, 2.05) is 24.3 Å². The Labute approximate surface area is 160 Å². The summed E-state index contributed by atoms with van der Waals surface area (Å²) in [6, 6.07) is 7.39. The van der Waals surface area contributed by atoms with Gasteiger partial charge in [0.25, 0.3) is 5.91 Å². The van der Waals surface area contributed by atoms with Gasteiger partial charge in [-0.25, -0.2) is 4.98 Å². The summed E-state index contributed by atoms with van der Waals surface area (Å²) in [5.41, 5.74) is 1.39. The number of esters is 2. The lowest BCUT2D eigenvalue weighted by Crippen LogP contribution is -2.21. The Morgan fingerprint density at radius 1 is 1.15 bits per heavy atom. The van der Waals surface area contributed by atoms with Gasteiger partial charge >= 0.3 is 11.9 Å². The molecule has 9 heteroatoms. The van der Waals surface area contributed by atoms with Gasteiger partial charge in [-0.05, 0) is 18.1 Å². The molecule has 8 nitrogen and oxygen atoms in total. The van der Waals surface area contributed by atoms with Gasteiger partial charge in [-0.1, -0.05) is 18.2 Å². The first-order valence-corrected chi connectivity index (χ1v) is 8.98. The second kappa shape index (κ2) is 10.3. The lowest BCUT2D eigenvalue weighted by atomic mass is 10.1. The van der Waals surface area contributed by atoms with Gasteiger partial charge in [0, 0.05) is 11.8 Å². The third-order valence-electron chi connectivity index (χ3n) is 3.51. The van der Waals surface area contributed by atoms with Crippen molar-refractivity contribution >= 4 is 34.3 Å². The summed E-state index contributed by atoms with van der Waals surface area (Å²) < 4.78 is 14.7. The minimum atomic E-state index is -0.500. The van der Waals surface area contributed by atoms with Crippen molar-refractivity contribution in [3.05, 3.63) is 40.9 Å². The van der Waals surface area contributed by atoms with Gasteiger partial charge in [-0.2, -0.15) is 0 Å². The fourth-order valence-electron chi connectivity index (χ4n) is 2.19. The maximum absolute atomic E-state index is 11.8. The smallest absolute Gasteiger partial charge is 0.311 e. The van der Waals surface area contributed by atoms with Crippen LogP contribution in [-0.2, 0) is 36.7 Å². The third kappa shape index (κ3) is 6.70. The van der Waals surface area contributed by atoms with Crippen molar-refractivity contribution in [1.82, 2.24) is 4.98 Å². The molecule has 0 saturated heterocycles. The standard InChI is InChI=1S/C18H20N2O6S/c1-24-14-6-4-3-5-12(14)7-8-16(22)26-10-15(21)20-18-19-13(11-27-18)9-17(23)25-2/h3-6,11H,7-10H2,1-2H3,(H,19,20,21). The molecule has 0 atom stereocenters. The molecule has 0 bridgehead atoms. The minimum Gasteiger partial charge on any atom is -0.496 e. The Morgan fingerprint density at radius 2 is 1.93 bits per heavy atom. The molecule has 0 aliphatic carbocycles. The number of aryl methyl sites for hydroxylation is 1. The molecule has 1 aromatic heterocycles. The summed E-state index contributed by atoms with van der Waals surface area (Å²) in [5.74, 6) is -0.696. The fourth-order valence-corrected chi connectivity index (χ4v) is 2.91. The SMILES string of the molecule is COC(=O)Cc1csc(NC(=O)COC(=O)CCc2ccccc2OC)n1. The van der Waals surface area contributed by atoms with Crippen molar-refractivity contribution in [1.29, 1.82) is 0 Å². The maximum Gasteiger partial charge on any atom is 0.311 e. The number of ether oxygens (including phenoxy) is 3. The van der Waals surface area contributed by atoms with E-state index in [9.17, 15) is 14.4 Å². The van der Waals surface area contributed by atoms with Crippen molar-refractivity contribution in [3.8, 4) is 5.75 Å². The van der Waals surface area contributed by atoms with Crippen LogP contribution in [0.4, 0.5) is 5.13 Å². The van der Waals surface area contributed by atoms with Crippen LogP contribution in [0.15, 0.2) is 29.6 Å². The highest BCUT2D eigenvalue weighted by Crippen LogP contribution is 2.19. The second-order valence-corrected chi connectivity index (χ2v) is 6.28. The van der Waals surface area contributed by atoms with Crippen molar-refractivity contribution in [3.63, 3.8) is 0 Å². The van der Waals surface area contributed by atoms with E-state index in [2.05, 4.69) is 15.0 Å². The number of anilines is 1. The summed E-state index contributed by atoms with van der Waals surface area (Å²) in [6.45, 7) is -0.406. The van der Waals surface area contributed by atoms with Crippen LogP contribution < -0.4 is 10.1 Å². The van der Waals surface area contributed by atoms with E-state index >= 15 is 0 Å². The predicted octanol–water partition coefficient (Wildman–Crippen LogP) is 1.98. The summed E-state index contributed by atoms with van der Waals surface area (Å²) in [7, 11) is 2.86. The van der Waals surface area contributed by atoms with E-state index < -0.39 is 24.5 Å². The van der Waals surface area contributed by atoms with E-state index in [1.165, 1.54) is 18.4 Å². The van der Waals surface area contributed by atoms with E-state index in [0.717, 1.165) is 5.56 Å². The number of rotatable bonds is 9. The van der Waals surface area contributed by atoms with Gasteiger partial charge in [0.05, 0.1) is 26.3 Å². The van der Waals surface area contributed by atoms with E-state index in [1.54, 1.807) is 12.5 Å². The molecule has 0 unspecified atom stereocenters. The first-order chi connectivity index (χ1) is 13.0. The molecule has 0 fully saturated rings. The fraction of sp³-hybridized carbons (Fsp3) is 0.333. The van der Waals surface area contributed by atoms with Crippen molar-refractivity contribution in [2.75, 3.05) is 26.1 Å². The molecule has 2 aromatic rings. The average molecular weight is 392 g/mol. The Balaban J connectivity index is 1.73. The number of hydrogen-bond acceptors (Lipinski definition) is 8. The molecule has 0 radical (unpaired) electrons. The number of methoxy groups -OCH3 is 2. The van der Waals surface area contributed by atoms with E-state index in [-0.39, 0.29) is 12.8 Å². The quantitative estimate of drug-likeness (QED) is 0.651. The molecule has 1 N–H and O–H groups in total. The van der Waals surface area contributed by atoms with Crippen LogP contribution in [0.3, 0.4) is 0 Å². The van der Waals surface area contributed by atoms with Gasteiger partial charge in [0.2, 0.25) is 0 Å². The Morgan fingerprint density at radius 3 is 2.67 bits per heavy atom. The topological polar surface area (TPSA) is 104 Å². The predicted molar refractivity (Wildman–Crippen MR) is 98.7 cm³/mol. The number of aromatic nitrogens is 1. The van der Waals surface area contributed by atoms with E-state index in [0.29, 0.717) is 23.0 Å². The lowest BCUT2D eigenvalue weighted by molar-refractivity contribution is -0.147. The van der Waals surface area contributed by atoms with Crippen molar-refractivity contribution in [2.45, 2.75) is 19.3 Å². The number of nitrogens with zero attached hydrogens (tertiary/aromatic N) is 1. The molecule has 2 rings (SSSR count). The Kier molecular flexibility index (Phi) is 7.75. The van der Waals surface area contributed by atoms with Crippen LogP contribution in [0.1, 0.15) is 17.7 Å². The lowest BCUT2D eigenvalue weighted by Gasteiger charge is -2.08. The molecular formula is C18H20N2O6S.